The predicted molar refractivity (Wildman–Crippen MR) is 92.4 cm³/mol. The zero-order valence-corrected chi connectivity index (χ0v) is 15.2. The van der Waals surface area contributed by atoms with Crippen LogP contribution in [-0.4, -0.2) is 33.5 Å². The topological polar surface area (TPSA) is 84.5 Å². The third-order valence-electron chi connectivity index (χ3n) is 4.08. The summed E-state index contributed by atoms with van der Waals surface area (Å²) in [6, 6.07) is 3.72. The number of sulfonamides is 1. The van der Waals surface area contributed by atoms with Crippen molar-refractivity contribution in [2.75, 3.05) is 13.1 Å². The molecular formula is C17H25FN2O4S. The van der Waals surface area contributed by atoms with Gasteiger partial charge in [-0.1, -0.05) is 0 Å². The van der Waals surface area contributed by atoms with E-state index >= 15 is 0 Å². The van der Waals surface area contributed by atoms with Gasteiger partial charge in [-0.3, -0.25) is 4.79 Å². The molecule has 8 heteroatoms. The van der Waals surface area contributed by atoms with E-state index in [2.05, 4.69) is 10.0 Å². The van der Waals surface area contributed by atoms with Crippen LogP contribution in [0, 0.1) is 5.82 Å². The zero-order valence-electron chi connectivity index (χ0n) is 14.4. The number of carbonyl (C=O) groups excluding carboxylic acids is 1. The van der Waals surface area contributed by atoms with Crippen LogP contribution < -0.4 is 14.8 Å². The summed E-state index contributed by atoms with van der Waals surface area (Å²) in [7, 11) is -3.76. The first kappa shape index (κ1) is 19.7. The Morgan fingerprint density at radius 2 is 1.92 bits per heavy atom. The summed E-state index contributed by atoms with van der Waals surface area (Å²) in [4.78, 5) is 10.6. The summed E-state index contributed by atoms with van der Waals surface area (Å²) >= 11 is 0. The highest BCUT2D eigenvalue weighted by atomic mass is 32.2. The van der Waals surface area contributed by atoms with Crippen LogP contribution in [-0.2, 0) is 14.8 Å². The van der Waals surface area contributed by atoms with Crippen molar-refractivity contribution in [1.29, 1.82) is 0 Å². The van der Waals surface area contributed by atoms with Gasteiger partial charge in [-0.25, -0.2) is 17.5 Å². The molecule has 25 heavy (non-hydrogen) atoms. The monoisotopic (exact) mass is 372 g/mol. The fraction of sp³-hybridized carbons (Fsp3) is 0.588. The maximum Gasteiger partial charge on any atom is 0.240 e. The van der Waals surface area contributed by atoms with E-state index in [4.69, 9.17) is 4.74 Å². The van der Waals surface area contributed by atoms with Gasteiger partial charge in [0.25, 0.3) is 0 Å². The smallest absolute Gasteiger partial charge is 0.240 e. The van der Waals surface area contributed by atoms with Gasteiger partial charge in [-0.05, 0) is 56.7 Å². The number of carbonyl (C=O) groups is 1. The Kier molecular flexibility index (Phi) is 7.19. The van der Waals surface area contributed by atoms with E-state index in [9.17, 15) is 17.6 Å². The van der Waals surface area contributed by atoms with Crippen LogP contribution in [0.25, 0.3) is 0 Å². The van der Waals surface area contributed by atoms with Crippen molar-refractivity contribution < 1.29 is 22.3 Å². The number of nitrogens with one attached hydrogen (secondary N) is 2. The van der Waals surface area contributed by atoms with E-state index in [0.29, 0.717) is 19.4 Å². The molecule has 1 saturated carbocycles. The maximum atomic E-state index is 14.1. The Bertz CT molecular complexity index is 688. The van der Waals surface area contributed by atoms with Crippen molar-refractivity contribution in [3.63, 3.8) is 0 Å². The second-order valence-corrected chi connectivity index (χ2v) is 7.97. The first-order valence-electron chi connectivity index (χ1n) is 8.59. The van der Waals surface area contributed by atoms with Crippen LogP contribution in [0.3, 0.4) is 0 Å². The van der Waals surface area contributed by atoms with Gasteiger partial charge in [0, 0.05) is 20.0 Å². The average Bonchev–Trinajstić information content (AvgIpc) is 3.05. The van der Waals surface area contributed by atoms with Crippen LogP contribution in [0.5, 0.6) is 5.75 Å². The van der Waals surface area contributed by atoms with Crippen molar-refractivity contribution in [2.45, 2.75) is 56.4 Å². The minimum Gasteiger partial charge on any atom is -0.487 e. The summed E-state index contributed by atoms with van der Waals surface area (Å²) in [6.07, 6.45) is 5.20. The van der Waals surface area contributed by atoms with Crippen LogP contribution in [0.15, 0.2) is 23.1 Å². The van der Waals surface area contributed by atoms with Crippen molar-refractivity contribution in [3.05, 3.63) is 24.0 Å². The Morgan fingerprint density at radius 1 is 1.24 bits per heavy atom. The minimum atomic E-state index is -3.76. The highest BCUT2D eigenvalue weighted by molar-refractivity contribution is 7.89. The lowest BCUT2D eigenvalue weighted by Gasteiger charge is -2.14. The highest BCUT2D eigenvalue weighted by Gasteiger charge is 2.20. The van der Waals surface area contributed by atoms with Crippen molar-refractivity contribution in [1.82, 2.24) is 10.0 Å². The van der Waals surface area contributed by atoms with Crippen LogP contribution in [0.2, 0.25) is 0 Å². The van der Waals surface area contributed by atoms with Gasteiger partial charge in [-0.15, -0.1) is 0 Å². The summed E-state index contributed by atoms with van der Waals surface area (Å²) in [5, 5.41) is 2.64. The molecule has 140 valence electrons. The predicted octanol–water partition coefficient (Wildman–Crippen LogP) is 2.34. The molecule has 1 fully saturated rings. The zero-order chi connectivity index (χ0) is 18.3. The summed E-state index contributed by atoms with van der Waals surface area (Å²) in [5.41, 5.74) is 0. The summed E-state index contributed by atoms with van der Waals surface area (Å²) in [5.74, 6) is -0.683. The molecule has 1 aliphatic carbocycles. The summed E-state index contributed by atoms with van der Waals surface area (Å²) < 4.78 is 46.6. The highest BCUT2D eigenvalue weighted by Crippen LogP contribution is 2.27. The van der Waals surface area contributed by atoms with E-state index in [1.807, 2.05) is 0 Å². The average molecular weight is 372 g/mol. The summed E-state index contributed by atoms with van der Waals surface area (Å²) in [6.45, 7) is 2.15. The van der Waals surface area contributed by atoms with Gasteiger partial charge in [0.2, 0.25) is 15.9 Å². The SMILES string of the molecule is CC(=O)NCCCCNS(=O)(=O)c1ccc(OC2CCCC2)c(F)c1. The number of ether oxygens (including phenoxy) is 1. The van der Waals surface area contributed by atoms with Gasteiger partial charge in [0.15, 0.2) is 11.6 Å². The van der Waals surface area contributed by atoms with Crippen LogP contribution in [0.4, 0.5) is 4.39 Å². The lowest BCUT2D eigenvalue weighted by molar-refractivity contribution is -0.118. The van der Waals surface area contributed by atoms with E-state index in [1.54, 1.807) is 0 Å². The van der Waals surface area contributed by atoms with E-state index in [1.165, 1.54) is 19.1 Å². The molecule has 0 bridgehead atoms. The Hall–Kier alpha value is -1.67. The molecule has 1 aromatic carbocycles. The van der Waals surface area contributed by atoms with E-state index in [0.717, 1.165) is 31.7 Å². The van der Waals surface area contributed by atoms with Crippen molar-refractivity contribution >= 4 is 15.9 Å². The molecule has 1 aliphatic rings. The Balaban J connectivity index is 1.86. The number of amides is 1. The molecule has 0 saturated heterocycles. The molecule has 6 nitrogen and oxygen atoms in total. The van der Waals surface area contributed by atoms with Crippen molar-refractivity contribution in [2.24, 2.45) is 0 Å². The van der Waals surface area contributed by atoms with Gasteiger partial charge < -0.3 is 10.1 Å². The lowest BCUT2D eigenvalue weighted by Crippen LogP contribution is -2.26. The first-order chi connectivity index (χ1) is 11.9. The number of halogens is 1. The van der Waals surface area contributed by atoms with Gasteiger partial charge in [0.05, 0.1) is 11.0 Å². The molecule has 0 aliphatic heterocycles. The number of benzene rings is 1. The fourth-order valence-electron chi connectivity index (χ4n) is 2.73. The molecule has 1 aromatic rings. The van der Waals surface area contributed by atoms with E-state index in [-0.39, 0.29) is 29.2 Å². The van der Waals surface area contributed by atoms with Crippen LogP contribution >= 0.6 is 0 Å². The Labute approximate surface area is 148 Å². The molecule has 2 rings (SSSR count). The quantitative estimate of drug-likeness (QED) is 0.652. The molecule has 0 unspecified atom stereocenters. The number of hydrogen-bond donors (Lipinski definition) is 2. The molecule has 0 heterocycles. The molecule has 0 aromatic heterocycles. The number of unbranched alkanes of at least 4 members (excludes halogenated alkanes) is 1. The number of hydrogen-bond acceptors (Lipinski definition) is 4. The molecular weight excluding hydrogens is 347 g/mol. The standard InChI is InChI=1S/C17H25FN2O4S/c1-13(21)19-10-4-5-11-20-25(22,23)15-8-9-17(16(18)12-15)24-14-6-2-3-7-14/h8-9,12,14,20H,2-7,10-11H2,1H3,(H,19,21). The second-order valence-electron chi connectivity index (χ2n) is 6.20. The normalized spacial score (nSPS) is 15.3. The molecule has 1 amide bonds. The minimum absolute atomic E-state index is 0.0127. The first-order valence-corrected chi connectivity index (χ1v) is 10.1. The molecule has 0 spiro atoms. The lowest BCUT2D eigenvalue weighted by atomic mass is 10.3. The van der Waals surface area contributed by atoms with Crippen LogP contribution in [0.1, 0.15) is 45.4 Å². The largest absolute Gasteiger partial charge is 0.487 e. The number of rotatable bonds is 9. The third kappa shape index (κ3) is 6.28. The molecule has 0 radical (unpaired) electrons. The fourth-order valence-corrected chi connectivity index (χ4v) is 3.82. The third-order valence-corrected chi connectivity index (χ3v) is 5.54. The molecule has 0 atom stereocenters. The second kappa shape index (κ2) is 9.15. The maximum absolute atomic E-state index is 14.1. The van der Waals surface area contributed by atoms with Gasteiger partial charge in [0.1, 0.15) is 0 Å². The molecule has 2 N–H and O–H groups in total. The van der Waals surface area contributed by atoms with Gasteiger partial charge in [-0.2, -0.15) is 0 Å². The van der Waals surface area contributed by atoms with E-state index < -0.39 is 15.8 Å². The Morgan fingerprint density at radius 3 is 2.56 bits per heavy atom. The van der Waals surface area contributed by atoms with Gasteiger partial charge >= 0.3 is 0 Å². The van der Waals surface area contributed by atoms with Crippen molar-refractivity contribution in [3.8, 4) is 5.75 Å².